The van der Waals surface area contributed by atoms with Crippen LogP contribution >= 0.6 is 0 Å². The molecule has 1 heterocycles. The van der Waals surface area contributed by atoms with Gasteiger partial charge in [0.25, 0.3) is 5.91 Å². The molecule has 0 aliphatic carbocycles. The van der Waals surface area contributed by atoms with Crippen molar-refractivity contribution in [3.63, 3.8) is 0 Å². The molecule has 0 atom stereocenters. The van der Waals surface area contributed by atoms with Crippen molar-refractivity contribution in [2.24, 2.45) is 0 Å². The van der Waals surface area contributed by atoms with Gasteiger partial charge in [0, 0.05) is 35.4 Å². The Bertz CT molecular complexity index is 1360. The summed E-state index contributed by atoms with van der Waals surface area (Å²) in [6.07, 6.45) is 17.1. The zero-order valence-corrected chi connectivity index (χ0v) is 24.2. The SMILES string of the molecule is CC(C)=CCCC(C)=CCCC(C)=CCOc1ccc2[nH]cc(CCNc3ccc(C=CC(=O)NO)cc3)c2c1. The van der Waals surface area contributed by atoms with E-state index in [1.807, 2.05) is 30.3 Å². The first kappa shape index (κ1) is 30.5. The van der Waals surface area contributed by atoms with E-state index >= 15 is 0 Å². The number of carbonyl (C=O) groups is 1. The van der Waals surface area contributed by atoms with E-state index in [1.54, 1.807) is 11.6 Å². The molecule has 0 aliphatic rings. The molecule has 6 nitrogen and oxygen atoms in total. The molecule has 0 saturated carbocycles. The quantitative estimate of drug-likeness (QED) is 0.0677. The Morgan fingerprint density at radius 1 is 0.950 bits per heavy atom. The van der Waals surface area contributed by atoms with Gasteiger partial charge in [-0.15, -0.1) is 0 Å². The van der Waals surface area contributed by atoms with E-state index in [4.69, 9.17) is 9.94 Å². The second-order valence-electron chi connectivity index (χ2n) is 10.4. The number of allylic oxidation sites excluding steroid dienone is 5. The molecule has 40 heavy (non-hydrogen) atoms. The molecule has 0 radical (unpaired) electrons. The van der Waals surface area contributed by atoms with Gasteiger partial charge in [0.2, 0.25) is 0 Å². The Kier molecular flexibility index (Phi) is 12.3. The fraction of sp³-hybridized carbons (Fsp3) is 0.324. The predicted molar refractivity (Wildman–Crippen MR) is 167 cm³/mol. The van der Waals surface area contributed by atoms with Gasteiger partial charge in [0.05, 0.1) is 0 Å². The van der Waals surface area contributed by atoms with Gasteiger partial charge in [-0.2, -0.15) is 0 Å². The summed E-state index contributed by atoms with van der Waals surface area (Å²) in [5.41, 5.74) is 10.00. The van der Waals surface area contributed by atoms with Crippen molar-refractivity contribution in [1.29, 1.82) is 0 Å². The van der Waals surface area contributed by atoms with Gasteiger partial charge >= 0.3 is 0 Å². The van der Waals surface area contributed by atoms with Gasteiger partial charge in [0.15, 0.2) is 0 Å². The lowest BCUT2D eigenvalue weighted by molar-refractivity contribution is -0.124. The zero-order chi connectivity index (χ0) is 28.7. The Morgan fingerprint density at radius 2 is 1.68 bits per heavy atom. The largest absolute Gasteiger partial charge is 0.490 e. The van der Waals surface area contributed by atoms with Crippen LogP contribution in [0.15, 0.2) is 89.7 Å². The number of aromatic nitrogens is 1. The van der Waals surface area contributed by atoms with Crippen LogP contribution in [0, 0.1) is 0 Å². The molecule has 1 aromatic heterocycles. The van der Waals surface area contributed by atoms with Crippen molar-refractivity contribution in [2.45, 2.75) is 59.8 Å². The summed E-state index contributed by atoms with van der Waals surface area (Å²) in [6, 6.07) is 14.0. The van der Waals surface area contributed by atoms with E-state index in [2.05, 4.69) is 74.6 Å². The molecule has 0 spiro atoms. The van der Waals surface area contributed by atoms with Crippen molar-refractivity contribution in [3.8, 4) is 5.75 Å². The summed E-state index contributed by atoms with van der Waals surface area (Å²) in [6.45, 7) is 10.1. The van der Waals surface area contributed by atoms with Crippen molar-refractivity contribution >= 4 is 28.6 Å². The first-order chi connectivity index (χ1) is 19.3. The summed E-state index contributed by atoms with van der Waals surface area (Å²) in [5.74, 6) is 0.319. The van der Waals surface area contributed by atoms with Gasteiger partial charge in [0.1, 0.15) is 12.4 Å². The van der Waals surface area contributed by atoms with Crippen molar-refractivity contribution in [2.75, 3.05) is 18.5 Å². The van der Waals surface area contributed by atoms with Crippen LogP contribution in [-0.4, -0.2) is 29.3 Å². The average molecular weight is 542 g/mol. The van der Waals surface area contributed by atoms with Crippen LogP contribution in [0.2, 0.25) is 0 Å². The number of hydroxylamine groups is 1. The van der Waals surface area contributed by atoms with Gasteiger partial charge in [-0.05, 0) is 113 Å². The highest BCUT2D eigenvalue weighted by Gasteiger charge is 2.06. The number of fused-ring (bicyclic) bond motifs is 1. The topological polar surface area (TPSA) is 86.4 Å². The van der Waals surface area contributed by atoms with Gasteiger partial charge in [-0.3, -0.25) is 10.0 Å². The lowest BCUT2D eigenvalue weighted by atomic mass is 10.1. The molecule has 3 rings (SSSR count). The molecule has 6 heteroatoms. The molecular weight excluding hydrogens is 498 g/mol. The molecule has 0 bridgehead atoms. The third-order valence-electron chi connectivity index (χ3n) is 6.71. The van der Waals surface area contributed by atoms with Crippen LogP contribution < -0.4 is 15.5 Å². The minimum atomic E-state index is -0.555. The fourth-order valence-corrected chi connectivity index (χ4v) is 4.34. The Labute approximate surface area is 238 Å². The first-order valence-corrected chi connectivity index (χ1v) is 14.0. The van der Waals surface area contributed by atoms with Crippen LogP contribution in [-0.2, 0) is 11.2 Å². The van der Waals surface area contributed by atoms with Crippen LogP contribution in [0.1, 0.15) is 64.5 Å². The number of anilines is 1. The maximum atomic E-state index is 11.1. The van der Waals surface area contributed by atoms with E-state index in [-0.39, 0.29) is 0 Å². The van der Waals surface area contributed by atoms with E-state index in [0.717, 1.165) is 61.2 Å². The Balaban J connectivity index is 1.46. The van der Waals surface area contributed by atoms with E-state index in [0.29, 0.717) is 6.61 Å². The molecule has 212 valence electrons. The lowest BCUT2D eigenvalue weighted by Crippen LogP contribution is -2.14. The lowest BCUT2D eigenvalue weighted by Gasteiger charge is -2.08. The number of hydrogen-bond donors (Lipinski definition) is 4. The summed E-state index contributed by atoms with van der Waals surface area (Å²) < 4.78 is 6.07. The predicted octanol–water partition coefficient (Wildman–Crippen LogP) is 8.14. The Morgan fingerprint density at radius 3 is 2.40 bits per heavy atom. The van der Waals surface area contributed by atoms with Crippen LogP contribution in [0.3, 0.4) is 0 Å². The van der Waals surface area contributed by atoms with Crippen LogP contribution in [0.5, 0.6) is 5.75 Å². The second-order valence-corrected chi connectivity index (χ2v) is 10.4. The highest BCUT2D eigenvalue weighted by molar-refractivity contribution is 5.90. The van der Waals surface area contributed by atoms with E-state index in [1.165, 1.54) is 33.7 Å². The molecule has 0 aliphatic heterocycles. The average Bonchev–Trinajstić information content (AvgIpc) is 3.34. The molecule has 0 unspecified atom stereocenters. The number of aromatic amines is 1. The zero-order valence-electron chi connectivity index (χ0n) is 24.2. The summed E-state index contributed by atoms with van der Waals surface area (Å²) >= 11 is 0. The molecule has 0 saturated heterocycles. The fourth-order valence-electron chi connectivity index (χ4n) is 4.34. The maximum Gasteiger partial charge on any atom is 0.267 e. The molecule has 4 N–H and O–H groups in total. The maximum absolute atomic E-state index is 11.1. The number of nitrogens with one attached hydrogen (secondary N) is 3. The normalized spacial score (nSPS) is 12.1. The molecule has 2 aromatic carbocycles. The highest BCUT2D eigenvalue weighted by Crippen LogP contribution is 2.24. The van der Waals surface area contributed by atoms with Gasteiger partial charge < -0.3 is 15.0 Å². The molecule has 3 aromatic rings. The third-order valence-corrected chi connectivity index (χ3v) is 6.71. The van der Waals surface area contributed by atoms with Crippen LogP contribution in [0.4, 0.5) is 5.69 Å². The molecule has 0 fully saturated rings. The smallest absolute Gasteiger partial charge is 0.267 e. The number of H-pyrrole nitrogens is 1. The Hall–Kier alpha value is -4.03. The summed E-state index contributed by atoms with van der Waals surface area (Å²) in [4.78, 5) is 14.5. The number of benzene rings is 2. The van der Waals surface area contributed by atoms with Crippen molar-refractivity contribution < 1.29 is 14.7 Å². The second kappa shape index (κ2) is 16.2. The molecular formula is C34H43N3O3. The third kappa shape index (κ3) is 10.6. The molecule has 1 amide bonds. The number of hydrogen-bond acceptors (Lipinski definition) is 4. The number of ether oxygens (including phenoxy) is 1. The monoisotopic (exact) mass is 541 g/mol. The highest BCUT2D eigenvalue weighted by atomic mass is 16.5. The summed E-state index contributed by atoms with van der Waals surface area (Å²) in [7, 11) is 0. The first-order valence-electron chi connectivity index (χ1n) is 14.0. The van der Waals surface area contributed by atoms with Gasteiger partial charge in [-0.1, -0.05) is 41.0 Å². The van der Waals surface area contributed by atoms with E-state index < -0.39 is 5.91 Å². The van der Waals surface area contributed by atoms with Crippen molar-refractivity contribution in [1.82, 2.24) is 10.5 Å². The van der Waals surface area contributed by atoms with Crippen LogP contribution in [0.25, 0.3) is 17.0 Å². The number of amides is 1. The summed E-state index contributed by atoms with van der Waals surface area (Å²) in [5, 5.41) is 13.2. The van der Waals surface area contributed by atoms with Gasteiger partial charge in [-0.25, -0.2) is 5.48 Å². The minimum Gasteiger partial charge on any atom is -0.490 e. The van der Waals surface area contributed by atoms with Crippen molar-refractivity contribution in [3.05, 3.63) is 101 Å². The number of rotatable bonds is 15. The van der Waals surface area contributed by atoms with E-state index in [9.17, 15) is 4.79 Å². The minimum absolute atomic E-state index is 0.555. The standard InChI is InChI=1S/C34H43N3O3/c1-25(2)7-5-8-26(3)9-6-10-27(4)20-22-40-31-16-17-33-32(23-31)29(24-36-33)19-21-35-30-14-11-28(12-15-30)13-18-34(38)37-39/h7,9,11-18,20,23-24,35-36,39H,5-6,8,10,19,21-22H2,1-4H3,(H,37,38). The number of carbonyl (C=O) groups excluding carboxylic acids is 1.